The summed E-state index contributed by atoms with van der Waals surface area (Å²) in [7, 11) is 1.79. The van der Waals surface area contributed by atoms with Crippen LogP contribution in [0.5, 0.6) is 0 Å². The first-order valence-electron chi connectivity index (χ1n) is 10.5. The van der Waals surface area contributed by atoms with Crippen molar-refractivity contribution in [1.82, 2.24) is 9.88 Å². The summed E-state index contributed by atoms with van der Waals surface area (Å²) in [5.74, 6) is 1.28. The van der Waals surface area contributed by atoms with Gasteiger partial charge in [0.05, 0.1) is 6.61 Å². The van der Waals surface area contributed by atoms with Gasteiger partial charge < -0.3 is 14.8 Å². The molecule has 2 aliphatic rings. The summed E-state index contributed by atoms with van der Waals surface area (Å²) in [5, 5.41) is 12.0. The van der Waals surface area contributed by atoms with Crippen LogP contribution in [0.4, 0.5) is 0 Å². The van der Waals surface area contributed by atoms with Crippen molar-refractivity contribution >= 4 is 10.9 Å². The molecule has 1 aromatic heterocycles. The molecule has 2 aliphatic heterocycles. The van der Waals surface area contributed by atoms with Gasteiger partial charge in [0.25, 0.3) is 0 Å². The Kier molecular flexibility index (Phi) is 5.32. The van der Waals surface area contributed by atoms with Crippen molar-refractivity contribution in [3.05, 3.63) is 35.5 Å². The summed E-state index contributed by atoms with van der Waals surface area (Å²) in [5.41, 5.74) is 3.76. The number of nitrogens with one attached hydrogen (secondary N) is 1. The molecule has 0 radical (unpaired) electrons. The molecule has 2 aromatic rings. The molecule has 148 valence electrons. The van der Waals surface area contributed by atoms with Gasteiger partial charge in [-0.1, -0.05) is 25.1 Å². The van der Waals surface area contributed by atoms with Crippen LogP contribution in [-0.2, 0) is 16.6 Å². The van der Waals surface area contributed by atoms with E-state index < -0.39 is 0 Å². The van der Waals surface area contributed by atoms with Crippen LogP contribution in [0.2, 0.25) is 0 Å². The van der Waals surface area contributed by atoms with Gasteiger partial charge >= 0.3 is 0 Å². The standard InChI is InChI=1S/C23H34N2O2/c1-16(9-11-27-3)12-18-13-23(15-26)17(2)25(14-18)10-8-20-19-6-4-5-7-21(19)24-22(20)23/h4-7,16-18,24,26H,8-15H2,1-3H3/t16?,17?,18-,23?/m0/s1. The van der Waals surface area contributed by atoms with Crippen LogP contribution < -0.4 is 0 Å². The molecule has 5 atom stereocenters. The van der Waals surface area contributed by atoms with Gasteiger partial charge in [-0.3, -0.25) is 4.90 Å². The largest absolute Gasteiger partial charge is 0.395 e. The second kappa shape index (κ2) is 7.57. The smallest absolute Gasteiger partial charge is 0.0557 e. The SMILES string of the molecule is COCCC(C)C[C@@H]1CN2CCc3c([nH]c4ccccc34)C(CO)(C1)C2C. The number of nitrogens with zero attached hydrogens (tertiary/aromatic N) is 1. The highest BCUT2D eigenvalue weighted by molar-refractivity contribution is 5.85. The number of aliphatic hydroxyl groups excluding tert-OH is 1. The Hall–Kier alpha value is -1.36. The molecule has 2 bridgehead atoms. The summed E-state index contributed by atoms with van der Waals surface area (Å²) in [6.45, 7) is 7.96. The average Bonchev–Trinajstić information content (AvgIpc) is 3.03. The third-order valence-electron chi connectivity index (χ3n) is 7.29. The molecule has 1 aromatic carbocycles. The highest BCUT2D eigenvalue weighted by Crippen LogP contribution is 2.47. The lowest BCUT2D eigenvalue weighted by atomic mass is 9.67. The second-order valence-corrected chi connectivity index (χ2v) is 8.95. The Morgan fingerprint density at radius 2 is 2.19 bits per heavy atom. The van der Waals surface area contributed by atoms with E-state index >= 15 is 0 Å². The Morgan fingerprint density at radius 1 is 1.37 bits per heavy atom. The van der Waals surface area contributed by atoms with Gasteiger partial charge in [0, 0.05) is 54.9 Å². The zero-order valence-electron chi connectivity index (χ0n) is 17.0. The van der Waals surface area contributed by atoms with E-state index in [1.54, 1.807) is 7.11 Å². The molecule has 0 amide bonds. The van der Waals surface area contributed by atoms with Gasteiger partial charge in [0.1, 0.15) is 0 Å². The normalized spacial score (nSPS) is 31.5. The van der Waals surface area contributed by atoms with E-state index in [9.17, 15) is 5.11 Å². The van der Waals surface area contributed by atoms with Crippen LogP contribution in [0, 0.1) is 11.8 Å². The Balaban J connectivity index is 1.70. The molecule has 1 saturated heterocycles. The topological polar surface area (TPSA) is 48.5 Å². The zero-order valence-corrected chi connectivity index (χ0v) is 17.0. The van der Waals surface area contributed by atoms with Crippen LogP contribution in [0.15, 0.2) is 24.3 Å². The third kappa shape index (κ3) is 3.22. The average molecular weight is 371 g/mol. The van der Waals surface area contributed by atoms with Crippen molar-refractivity contribution in [2.45, 2.75) is 51.0 Å². The number of ether oxygens (including phenoxy) is 1. The van der Waals surface area contributed by atoms with Crippen molar-refractivity contribution in [3.8, 4) is 0 Å². The Morgan fingerprint density at radius 3 is 2.96 bits per heavy atom. The summed E-state index contributed by atoms with van der Waals surface area (Å²) in [6, 6.07) is 8.99. The monoisotopic (exact) mass is 370 g/mol. The highest BCUT2D eigenvalue weighted by atomic mass is 16.5. The molecule has 4 heteroatoms. The van der Waals surface area contributed by atoms with Gasteiger partial charge in [0.15, 0.2) is 0 Å². The van der Waals surface area contributed by atoms with Crippen molar-refractivity contribution in [2.75, 3.05) is 33.4 Å². The minimum atomic E-state index is -0.186. The fourth-order valence-corrected chi connectivity index (χ4v) is 5.76. The first-order valence-corrected chi connectivity index (χ1v) is 10.5. The Labute approximate surface area is 162 Å². The molecular weight excluding hydrogens is 336 g/mol. The quantitative estimate of drug-likeness (QED) is 0.815. The van der Waals surface area contributed by atoms with Crippen LogP contribution in [0.25, 0.3) is 10.9 Å². The maximum atomic E-state index is 10.7. The van der Waals surface area contributed by atoms with E-state index in [0.29, 0.717) is 17.9 Å². The molecule has 4 unspecified atom stereocenters. The molecule has 1 fully saturated rings. The fourth-order valence-electron chi connectivity index (χ4n) is 5.76. The van der Waals surface area contributed by atoms with Gasteiger partial charge in [0.2, 0.25) is 0 Å². The number of fused-ring (bicyclic) bond motifs is 6. The van der Waals surface area contributed by atoms with Crippen molar-refractivity contribution < 1.29 is 9.84 Å². The van der Waals surface area contributed by atoms with E-state index in [1.807, 2.05) is 0 Å². The highest BCUT2D eigenvalue weighted by Gasteiger charge is 2.50. The van der Waals surface area contributed by atoms with E-state index in [4.69, 9.17) is 4.74 Å². The van der Waals surface area contributed by atoms with E-state index in [1.165, 1.54) is 28.6 Å². The Bertz CT molecular complexity index is 786. The molecule has 3 heterocycles. The number of benzene rings is 1. The molecule has 0 aliphatic carbocycles. The van der Waals surface area contributed by atoms with Crippen molar-refractivity contribution in [3.63, 3.8) is 0 Å². The maximum Gasteiger partial charge on any atom is 0.0557 e. The number of H-pyrrole nitrogens is 1. The van der Waals surface area contributed by atoms with E-state index in [0.717, 1.165) is 39.0 Å². The molecule has 0 saturated carbocycles. The number of methoxy groups -OCH3 is 1. The maximum absolute atomic E-state index is 10.7. The second-order valence-electron chi connectivity index (χ2n) is 8.95. The first kappa shape index (κ1) is 19.0. The van der Waals surface area contributed by atoms with Crippen LogP contribution in [0.3, 0.4) is 0 Å². The molecule has 2 N–H and O–H groups in total. The number of aromatic nitrogens is 1. The molecule has 4 rings (SSSR count). The van der Waals surface area contributed by atoms with Crippen LogP contribution >= 0.6 is 0 Å². The number of piperidine rings is 1. The third-order valence-corrected chi connectivity index (χ3v) is 7.29. The van der Waals surface area contributed by atoms with E-state index in [-0.39, 0.29) is 12.0 Å². The van der Waals surface area contributed by atoms with Crippen LogP contribution in [-0.4, -0.2) is 54.4 Å². The predicted molar refractivity (Wildman–Crippen MR) is 110 cm³/mol. The molecule has 4 nitrogen and oxygen atoms in total. The number of hydrogen-bond donors (Lipinski definition) is 2. The number of para-hydroxylation sites is 1. The number of aliphatic hydroxyl groups is 1. The lowest BCUT2D eigenvalue weighted by molar-refractivity contribution is 0.00462. The number of aromatic amines is 1. The summed E-state index contributed by atoms with van der Waals surface area (Å²) in [4.78, 5) is 6.37. The predicted octanol–water partition coefficient (Wildman–Crippen LogP) is 3.73. The van der Waals surface area contributed by atoms with Crippen molar-refractivity contribution in [2.24, 2.45) is 11.8 Å². The lowest BCUT2D eigenvalue weighted by Crippen LogP contribution is -2.57. The van der Waals surface area contributed by atoms with Gasteiger partial charge in [-0.15, -0.1) is 0 Å². The number of hydrogen-bond acceptors (Lipinski definition) is 3. The molecule has 0 spiro atoms. The lowest BCUT2D eigenvalue weighted by Gasteiger charge is -2.50. The summed E-state index contributed by atoms with van der Waals surface area (Å²) in [6.07, 6.45) is 4.46. The summed E-state index contributed by atoms with van der Waals surface area (Å²) < 4.78 is 5.28. The first-order chi connectivity index (χ1) is 13.1. The van der Waals surface area contributed by atoms with Gasteiger partial charge in [-0.05, 0) is 56.1 Å². The molecule has 27 heavy (non-hydrogen) atoms. The minimum Gasteiger partial charge on any atom is -0.395 e. The van der Waals surface area contributed by atoms with Crippen LogP contribution in [0.1, 0.15) is 44.4 Å². The van der Waals surface area contributed by atoms with Crippen molar-refractivity contribution in [1.29, 1.82) is 0 Å². The number of rotatable bonds is 6. The fraction of sp³-hybridized carbons (Fsp3) is 0.652. The zero-order chi connectivity index (χ0) is 19.0. The van der Waals surface area contributed by atoms with Gasteiger partial charge in [-0.25, -0.2) is 0 Å². The van der Waals surface area contributed by atoms with Gasteiger partial charge in [-0.2, -0.15) is 0 Å². The molecular formula is C23H34N2O2. The van der Waals surface area contributed by atoms with E-state index in [2.05, 4.69) is 48.0 Å². The minimum absolute atomic E-state index is 0.186. The summed E-state index contributed by atoms with van der Waals surface area (Å²) >= 11 is 0.